The number of rotatable bonds is 12. The lowest BCUT2D eigenvalue weighted by Crippen LogP contribution is -2.19. The molecule has 0 saturated heterocycles. The number of carbonyl (C=O) groups is 2. The van der Waals surface area contributed by atoms with Crippen LogP contribution < -0.4 is 10.6 Å². The maximum Gasteiger partial charge on any atom is 0.256 e. The van der Waals surface area contributed by atoms with Crippen LogP contribution in [-0.4, -0.2) is 52.6 Å². The summed E-state index contributed by atoms with van der Waals surface area (Å²) < 4.78 is 26.7. The quantitative estimate of drug-likeness (QED) is 0.139. The van der Waals surface area contributed by atoms with E-state index in [9.17, 15) is 18.2 Å². The van der Waals surface area contributed by atoms with Crippen LogP contribution in [0.15, 0.2) is 47.4 Å². The number of fused-ring (bicyclic) bond motifs is 1. The highest BCUT2D eigenvalue weighted by molar-refractivity contribution is 7.84. The molecule has 7 nitrogen and oxygen atoms in total. The molecule has 3 N–H and O–H groups in total. The first-order chi connectivity index (χ1) is 20.2. The van der Waals surface area contributed by atoms with Crippen LogP contribution in [0.5, 0.6) is 0 Å². The monoisotopic (exact) mass is 592 g/mol. The zero-order valence-electron chi connectivity index (χ0n) is 24.9. The molecule has 1 atom stereocenters. The van der Waals surface area contributed by atoms with Crippen LogP contribution in [0.4, 0.5) is 10.1 Å². The van der Waals surface area contributed by atoms with Crippen molar-refractivity contribution in [3.05, 3.63) is 81.9 Å². The highest BCUT2D eigenvalue weighted by atomic mass is 32.2. The Bertz CT molecular complexity index is 1480. The lowest BCUT2D eigenvalue weighted by atomic mass is 10.0. The van der Waals surface area contributed by atoms with E-state index >= 15 is 0 Å². The fourth-order valence-corrected chi connectivity index (χ4v) is 5.92. The number of carbonyl (C=O) groups excluding carboxylic acids is 2. The van der Waals surface area contributed by atoms with Crippen LogP contribution in [0, 0.1) is 26.6 Å². The molecule has 1 aliphatic carbocycles. The molecule has 2 heterocycles. The van der Waals surface area contributed by atoms with Gasteiger partial charge in [-0.2, -0.15) is 0 Å². The third kappa shape index (κ3) is 8.26. The second kappa shape index (κ2) is 14.6. The minimum absolute atomic E-state index is 0.0833. The van der Waals surface area contributed by atoms with Crippen LogP contribution in [0.2, 0.25) is 0 Å². The molecule has 1 aromatic heterocycles. The number of anilines is 1. The number of nitrogens with zero attached hydrogens (tertiary/aromatic N) is 1. The second-order valence-electron chi connectivity index (χ2n) is 11.1. The van der Waals surface area contributed by atoms with Crippen LogP contribution in [0.25, 0.3) is 11.6 Å². The van der Waals surface area contributed by atoms with Gasteiger partial charge in [-0.1, -0.05) is 24.6 Å². The molecule has 2 aromatic carbocycles. The summed E-state index contributed by atoms with van der Waals surface area (Å²) in [5.41, 5.74) is 6.52. The number of aromatic amines is 1. The Balaban J connectivity index is 0.000000262. The minimum Gasteiger partial charge on any atom is -0.359 e. The summed E-state index contributed by atoms with van der Waals surface area (Å²) in [7, 11) is 0.401. The predicted molar refractivity (Wildman–Crippen MR) is 168 cm³/mol. The van der Waals surface area contributed by atoms with Gasteiger partial charge in [0, 0.05) is 52.7 Å². The summed E-state index contributed by atoms with van der Waals surface area (Å²) in [6, 6.07) is 12.4. The first kappa shape index (κ1) is 31.4. The number of benzene rings is 2. The molecule has 42 heavy (non-hydrogen) atoms. The minimum atomic E-state index is -1.43. The summed E-state index contributed by atoms with van der Waals surface area (Å²) in [5.74, 6) is -0.478. The number of aromatic nitrogens is 1. The van der Waals surface area contributed by atoms with Crippen LogP contribution in [0.3, 0.4) is 0 Å². The Labute approximate surface area is 250 Å². The largest absolute Gasteiger partial charge is 0.359 e. The van der Waals surface area contributed by atoms with Crippen molar-refractivity contribution in [2.75, 3.05) is 25.5 Å². The summed E-state index contributed by atoms with van der Waals surface area (Å²) in [6.07, 6.45) is 9.05. The Morgan fingerprint density at radius 2 is 1.83 bits per heavy atom. The van der Waals surface area contributed by atoms with E-state index in [-0.39, 0.29) is 17.5 Å². The number of H-pyrrole nitrogens is 1. The highest BCUT2D eigenvalue weighted by Gasteiger charge is 2.26. The van der Waals surface area contributed by atoms with Crippen molar-refractivity contribution in [3.63, 3.8) is 0 Å². The number of aryl methyl sites for hydroxylation is 1. The maximum atomic E-state index is 13.9. The molecule has 5 rings (SSSR count). The summed E-state index contributed by atoms with van der Waals surface area (Å²) in [6.45, 7) is 8.09. The van der Waals surface area contributed by atoms with Gasteiger partial charge in [0.15, 0.2) is 0 Å². The van der Waals surface area contributed by atoms with Crippen molar-refractivity contribution in [2.24, 2.45) is 0 Å². The molecule has 224 valence electrons. The van der Waals surface area contributed by atoms with Crippen molar-refractivity contribution >= 4 is 40.5 Å². The lowest BCUT2D eigenvalue weighted by Gasteiger charge is -2.09. The Morgan fingerprint density at radius 1 is 1.07 bits per heavy atom. The molecule has 2 amide bonds. The molecule has 0 bridgehead atoms. The molecule has 0 spiro atoms. The van der Waals surface area contributed by atoms with Gasteiger partial charge in [0.25, 0.3) is 5.91 Å². The van der Waals surface area contributed by atoms with E-state index in [2.05, 4.69) is 15.6 Å². The average Bonchev–Trinajstić information content (AvgIpc) is 3.71. The number of amides is 2. The standard InChI is InChI=1S/C23H21FN2O2S.C10H20N2O/c1-13-14(2)22(25-15(13)3)11-19-18-10-17(8-9-21(18)26-23(19)27)29(28)12-16-6-4-5-7-20(16)24;1-12(9-13)8-4-2-3-7-11-10-5-6-10/h4-11,25H,12H2,1-3H3,(H,26,27);9-11H,2-8H2,1H3/b19-11-;. The molecule has 9 heteroatoms. The number of nitrogens with one attached hydrogen (secondary N) is 3. The van der Waals surface area contributed by atoms with E-state index in [1.165, 1.54) is 31.7 Å². The molecule has 2 aliphatic rings. The van der Waals surface area contributed by atoms with Crippen LogP contribution in [0.1, 0.15) is 65.7 Å². The topological polar surface area (TPSA) is 94.3 Å². The smallest absolute Gasteiger partial charge is 0.256 e. The van der Waals surface area contributed by atoms with E-state index < -0.39 is 10.8 Å². The van der Waals surface area contributed by atoms with Gasteiger partial charge in [-0.25, -0.2) is 4.39 Å². The summed E-state index contributed by atoms with van der Waals surface area (Å²) in [5, 5.41) is 6.33. The van der Waals surface area contributed by atoms with Gasteiger partial charge in [0.1, 0.15) is 5.82 Å². The first-order valence-electron chi connectivity index (χ1n) is 14.5. The Kier molecular flexibility index (Phi) is 10.9. The summed E-state index contributed by atoms with van der Waals surface area (Å²) >= 11 is 0. The van der Waals surface area contributed by atoms with E-state index in [0.29, 0.717) is 27.3 Å². The lowest BCUT2D eigenvalue weighted by molar-refractivity contribution is -0.117. The number of hydrogen-bond donors (Lipinski definition) is 3. The van der Waals surface area contributed by atoms with Gasteiger partial charge in [-0.3, -0.25) is 13.8 Å². The number of unbranched alkanes of at least 4 members (excludes halogenated alkanes) is 2. The SMILES string of the molecule is CN(C=O)CCCCCNC1CC1.Cc1[nH]c(/C=C2\C(=O)Nc3ccc(S(=O)Cc4ccccc4F)cc32)c(C)c1C. The summed E-state index contributed by atoms with van der Waals surface area (Å²) in [4.78, 5) is 28.3. The van der Waals surface area contributed by atoms with Crippen molar-refractivity contribution < 1.29 is 18.2 Å². The van der Waals surface area contributed by atoms with E-state index in [1.807, 2.05) is 33.9 Å². The highest BCUT2D eigenvalue weighted by Crippen LogP contribution is 2.35. The third-order valence-electron chi connectivity index (χ3n) is 7.80. The zero-order valence-corrected chi connectivity index (χ0v) is 25.7. The van der Waals surface area contributed by atoms with E-state index in [4.69, 9.17) is 0 Å². The molecule has 1 aliphatic heterocycles. The Hall–Kier alpha value is -3.56. The number of halogens is 1. The molecular weight excluding hydrogens is 551 g/mol. The molecule has 1 unspecified atom stereocenters. The molecule has 1 fully saturated rings. The zero-order chi connectivity index (χ0) is 30.2. The van der Waals surface area contributed by atoms with Gasteiger partial charge in [0.2, 0.25) is 6.41 Å². The van der Waals surface area contributed by atoms with Gasteiger partial charge < -0.3 is 20.5 Å². The molecule has 0 radical (unpaired) electrons. The first-order valence-corrected chi connectivity index (χ1v) is 15.8. The van der Waals surface area contributed by atoms with Gasteiger partial charge in [-0.15, -0.1) is 0 Å². The number of hydrogen-bond acceptors (Lipinski definition) is 4. The van der Waals surface area contributed by atoms with Crippen molar-refractivity contribution in [1.82, 2.24) is 15.2 Å². The third-order valence-corrected chi connectivity index (χ3v) is 9.15. The second-order valence-corrected chi connectivity index (χ2v) is 12.5. The predicted octanol–water partition coefficient (Wildman–Crippen LogP) is 5.88. The van der Waals surface area contributed by atoms with Crippen molar-refractivity contribution in [2.45, 2.75) is 69.6 Å². The van der Waals surface area contributed by atoms with Crippen LogP contribution >= 0.6 is 0 Å². The fourth-order valence-electron chi connectivity index (χ4n) is 4.76. The van der Waals surface area contributed by atoms with Crippen LogP contribution in [-0.2, 0) is 26.1 Å². The maximum absolute atomic E-state index is 13.9. The fraction of sp³-hybridized carbons (Fsp3) is 0.394. The average molecular weight is 593 g/mol. The van der Waals surface area contributed by atoms with Gasteiger partial charge in [-0.05, 0) is 94.5 Å². The van der Waals surface area contributed by atoms with Crippen molar-refractivity contribution in [1.29, 1.82) is 0 Å². The van der Waals surface area contributed by atoms with E-state index in [1.54, 1.807) is 41.3 Å². The van der Waals surface area contributed by atoms with Gasteiger partial charge >= 0.3 is 0 Å². The molecular formula is C33H41FN4O3S. The Morgan fingerprint density at radius 3 is 2.50 bits per heavy atom. The van der Waals surface area contributed by atoms with Crippen molar-refractivity contribution in [3.8, 4) is 0 Å². The van der Waals surface area contributed by atoms with Gasteiger partial charge in [0.05, 0.1) is 22.1 Å². The molecule has 1 saturated carbocycles. The normalized spacial score (nSPS) is 15.5. The molecule has 3 aromatic rings. The van der Waals surface area contributed by atoms with E-state index in [0.717, 1.165) is 54.5 Å².